The van der Waals surface area contributed by atoms with Gasteiger partial charge in [-0.1, -0.05) is 13.0 Å². The average Bonchev–Trinajstić information content (AvgIpc) is 2.82. The fraction of sp³-hybridized carbons (Fsp3) is 0.294. The highest BCUT2D eigenvalue weighted by Crippen LogP contribution is 2.28. The van der Waals surface area contributed by atoms with Gasteiger partial charge in [-0.3, -0.25) is 4.79 Å². The second-order valence-corrected chi connectivity index (χ2v) is 5.91. The minimum Gasteiger partial charge on any atom is -0.493 e. The highest BCUT2D eigenvalue weighted by Gasteiger charge is 2.06. The molecule has 0 unspecified atom stereocenters. The third-order valence-corrected chi connectivity index (χ3v) is 4.31. The van der Waals surface area contributed by atoms with Crippen molar-refractivity contribution in [2.75, 3.05) is 13.7 Å². The summed E-state index contributed by atoms with van der Waals surface area (Å²) < 4.78 is 13.6. The zero-order valence-corrected chi connectivity index (χ0v) is 14.1. The summed E-state index contributed by atoms with van der Waals surface area (Å²) >= 11 is 1.28. The molecule has 0 aliphatic carbocycles. The molecule has 2 rings (SSSR count). The molecule has 0 saturated heterocycles. The van der Waals surface area contributed by atoms with Crippen molar-refractivity contribution in [3.8, 4) is 17.6 Å². The van der Waals surface area contributed by atoms with Crippen LogP contribution in [0, 0.1) is 11.3 Å². The number of methoxy groups -OCH3 is 1. The molecule has 2 aromatic rings. The molecular formula is C17H18N2O3S. The largest absolute Gasteiger partial charge is 0.493 e. The van der Waals surface area contributed by atoms with Crippen molar-refractivity contribution in [3.05, 3.63) is 43.3 Å². The lowest BCUT2D eigenvalue weighted by Gasteiger charge is -2.10. The molecular weight excluding hydrogens is 312 g/mol. The summed E-state index contributed by atoms with van der Waals surface area (Å²) in [5.41, 5.74) is 0.718. The van der Waals surface area contributed by atoms with Gasteiger partial charge in [0.2, 0.25) is 0 Å². The van der Waals surface area contributed by atoms with Crippen LogP contribution >= 0.6 is 11.3 Å². The summed E-state index contributed by atoms with van der Waals surface area (Å²) in [6.45, 7) is 2.66. The van der Waals surface area contributed by atoms with Crippen molar-refractivity contribution in [1.29, 1.82) is 5.26 Å². The molecule has 0 bridgehead atoms. The van der Waals surface area contributed by atoms with Crippen LogP contribution in [0.4, 0.5) is 0 Å². The van der Waals surface area contributed by atoms with E-state index in [9.17, 15) is 4.79 Å². The molecule has 23 heavy (non-hydrogen) atoms. The quantitative estimate of drug-likeness (QED) is 0.831. The lowest BCUT2D eigenvalue weighted by molar-refractivity contribution is 0.294. The molecule has 120 valence electrons. The van der Waals surface area contributed by atoms with E-state index in [0.717, 1.165) is 12.0 Å². The summed E-state index contributed by atoms with van der Waals surface area (Å²) in [6.07, 6.45) is 4.07. The number of rotatable bonds is 5. The van der Waals surface area contributed by atoms with Gasteiger partial charge in [0, 0.05) is 13.1 Å². The molecule has 0 atom stereocenters. The molecule has 1 aromatic heterocycles. The van der Waals surface area contributed by atoms with Crippen LogP contribution in [0.2, 0.25) is 0 Å². The molecule has 0 N–H and O–H groups in total. The van der Waals surface area contributed by atoms with Gasteiger partial charge in [-0.05, 0) is 30.2 Å². The standard InChI is InChI=1S/C17H18N2O3S/c1-4-9-22-13-6-5-12(10-14(13)21-3)11-15-17(20)19(2)16(23-15)7-8-18/h5-7,10-11H,4,9H2,1-3H3/b15-11-,16-7-. The van der Waals surface area contributed by atoms with Crippen LogP contribution in [-0.4, -0.2) is 18.3 Å². The Kier molecular flexibility index (Phi) is 5.61. The van der Waals surface area contributed by atoms with Crippen molar-refractivity contribution in [2.24, 2.45) is 7.05 Å². The molecule has 0 radical (unpaired) electrons. The summed E-state index contributed by atoms with van der Waals surface area (Å²) in [6, 6.07) is 7.49. The molecule has 1 aromatic carbocycles. The number of nitrogens with zero attached hydrogens (tertiary/aromatic N) is 2. The maximum absolute atomic E-state index is 12.2. The molecule has 0 spiro atoms. The van der Waals surface area contributed by atoms with E-state index >= 15 is 0 Å². The Morgan fingerprint density at radius 1 is 1.39 bits per heavy atom. The number of thiazole rings is 1. The first-order valence-corrected chi connectivity index (χ1v) is 8.00. The number of hydrogen-bond acceptors (Lipinski definition) is 5. The Bertz CT molecular complexity index is 903. The molecule has 1 heterocycles. The van der Waals surface area contributed by atoms with E-state index in [0.29, 0.717) is 27.3 Å². The zero-order valence-electron chi connectivity index (χ0n) is 13.3. The number of hydrogen-bond donors (Lipinski definition) is 0. The van der Waals surface area contributed by atoms with E-state index in [1.807, 2.05) is 31.2 Å². The van der Waals surface area contributed by atoms with Gasteiger partial charge in [0.05, 0.1) is 24.3 Å². The minimum atomic E-state index is -0.123. The minimum absolute atomic E-state index is 0.123. The first-order valence-electron chi connectivity index (χ1n) is 7.19. The van der Waals surface area contributed by atoms with Gasteiger partial charge in [-0.25, -0.2) is 0 Å². The average molecular weight is 330 g/mol. The molecule has 5 nitrogen and oxygen atoms in total. The van der Waals surface area contributed by atoms with E-state index in [4.69, 9.17) is 14.7 Å². The topological polar surface area (TPSA) is 64.2 Å². The Labute approximate surface area is 138 Å². The van der Waals surface area contributed by atoms with E-state index in [1.165, 1.54) is 22.0 Å². The van der Waals surface area contributed by atoms with Gasteiger partial charge in [0.1, 0.15) is 4.66 Å². The first kappa shape index (κ1) is 16.8. The summed E-state index contributed by atoms with van der Waals surface area (Å²) in [7, 11) is 3.24. The Hall–Kier alpha value is -2.52. The van der Waals surface area contributed by atoms with Gasteiger partial charge < -0.3 is 14.0 Å². The maximum Gasteiger partial charge on any atom is 0.268 e. The predicted octanol–water partition coefficient (Wildman–Crippen LogP) is 1.38. The smallest absolute Gasteiger partial charge is 0.268 e. The van der Waals surface area contributed by atoms with Gasteiger partial charge in [-0.15, -0.1) is 11.3 Å². The zero-order chi connectivity index (χ0) is 16.8. The fourth-order valence-corrected chi connectivity index (χ4v) is 3.00. The Morgan fingerprint density at radius 2 is 2.17 bits per heavy atom. The van der Waals surface area contributed by atoms with Gasteiger partial charge >= 0.3 is 0 Å². The number of benzene rings is 1. The van der Waals surface area contributed by atoms with E-state index in [1.54, 1.807) is 20.2 Å². The van der Waals surface area contributed by atoms with Crippen LogP contribution in [0.3, 0.4) is 0 Å². The van der Waals surface area contributed by atoms with Gasteiger partial charge in [-0.2, -0.15) is 5.26 Å². The number of nitriles is 1. The lowest BCUT2D eigenvalue weighted by atomic mass is 10.2. The van der Waals surface area contributed by atoms with Crippen LogP contribution < -0.4 is 24.2 Å². The predicted molar refractivity (Wildman–Crippen MR) is 91.2 cm³/mol. The molecule has 6 heteroatoms. The van der Waals surface area contributed by atoms with Crippen molar-refractivity contribution < 1.29 is 9.47 Å². The van der Waals surface area contributed by atoms with Crippen LogP contribution in [0.5, 0.6) is 11.5 Å². The summed E-state index contributed by atoms with van der Waals surface area (Å²) in [5.74, 6) is 1.31. The van der Waals surface area contributed by atoms with Gasteiger partial charge in [0.15, 0.2) is 11.5 Å². The Balaban J connectivity index is 2.48. The maximum atomic E-state index is 12.2. The van der Waals surface area contributed by atoms with Crippen LogP contribution in [-0.2, 0) is 7.05 Å². The fourth-order valence-electron chi connectivity index (χ4n) is 2.02. The molecule has 0 fully saturated rings. The van der Waals surface area contributed by atoms with Crippen molar-refractivity contribution in [1.82, 2.24) is 4.57 Å². The lowest BCUT2D eigenvalue weighted by Crippen LogP contribution is -2.28. The van der Waals surface area contributed by atoms with Crippen molar-refractivity contribution >= 4 is 23.5 Å². The number of aromatic nitrogens is 1. The van der Waals surface area contributed by atoms with Gasteiger partial charge in [0.25, 0.3) is 5.56 Å². The van der Waals surface area contributed by atoms with Crippen molar-refractivity contribution in [3.63, 3.8) is 0 Å². The van der Waals surface area contributed by atoms with E-state index < -0.39 is 0 Å². The highest BCUT2D eigenvalue weighted by atomic mass is 32.1. The molecule has 0 aliphatic rings. The highest BCUT2D eigenvalue weighted by molar-refractivity contribution is 7.07. The second kappa shape index (κ2) is 7.65. The third-order valence-electron chi connectivity index (χ3n) is 3.20. The SMILES string of the molecule is CCCOc1ccc(/C=c2\s/c(=C\C#N)n(C)c2=O)cc1OC. The molecule has 0 saturated carbocycles. The normalized spacial score (nSPS) is 12.3. The van der Waals surface area contributed by atoms with Crippen molar-refractivity contribution in [2.45, 2.75) is 13.3 Å². The first-order chi connectivity index (χ1) is 11.1. The van der Waals surface area contributed by atoms with E-state index in [2.05, 4.69) is 0 Å². The summed E-state index contributed by atoms with van der Waals surface area (Å²) in [5, 5.41) is 8.75. The third kappa shape index (κ3) is 3.82. The van der Waals surface area contributed by atoms with Crippen LogP contribution in [0.15, 0.2) is 23.0 Å². The Morgan fingerprint density at radius 3 is 2.83 bits per heavy atom. The summed E-state index contributed by atoms with van der Waals surface area (Å²) in [4.78, 5) is 12.2. The molecule has 0 aliphatic heterocycles. The van der Waals surface area contributed by atoms with Crippen LogP contribution in [0.1, 0.15) is 18.9 Å². The second-order valence-electron chi connectivity index (χ2n) is 4.85. The van der Waals surface area contributed by atoms with E-state index in [-0.39, 0.29) is 5.56 Å². The molecule has 0 amide bonds. The van der Waals surface area contributed by atoms with Crippen LogP contribution in [0.25, 0.3) is 12.2 Å². The monoisotopic (exact) mass is 330 g/mol. The number of ether oxygens (including phenoxy) is 2.